The fourth-order valence-corrected chi connectivity index (χ4v) is 2.15. The summed E-state index contributed by atoms with van der Waals surface area (Å²) in [6.45, 7) is 4.83. The fourth-order valence-electron chi connectivity index (χ4n) is 1.75. The summed E-state index contributed by atoms with van der Waals surface area (Å²) < 4.78 is 20.3. The molecule has 20 heavy (non-hydrogen) atoms. The van der Waals surface area contributed by atoms with E-state index in [9.17, 15) is 4.39 Å². The highest BCUT2D eigenvalue weighted by molar-refractivity contribution is 9.10. The van der Waals surface area contributed by atoms with Crippen molar-refractivity contribution in [2.24, 2.45) is 0 Å². The zero-order valence-corrected chi connectivity index (χ0v) is 13.1. The van der Waals surface area contributed by atoms with E-state index >= 15 is 0 Å². The molecule has 4 heteroatoms. The molecule has 0 aliphatic heterocycles. The van der Waals surface area contributed by atoms with Crippen molar-refractivity contribution < 1.29 is 9.13 Å². The van der Waals surface area contributed by atoms with E-state index < -0.39 is 0 Å². The molecule has 0 atom stereocenters. The molecule has 106 valence electrons. The van der Waals surface area contributed by atoms with Crippen molar-refractivity contribution in [2.75, 3.05) is 0 Å². The van der Waals surface area contributed by atoms with Gasteiger partial charge in [0.25, 0.3) is 0 Å². The molecule has 0 bridgehead atoms. The summed E-state index contributed by atoms with van der Waals surface area (Å²) in [7, 11) is 0. The van der Waals surface area contributed by atoms with Gasteiger partial charge in [0.15, 0.2) is 11.6 Å². The van der Waals surface area contributed by atoms with Crippen molar-refractivity contribution in [1.82, 2.24) is 5.32 Å². The SMILES string of the molecule is CC(C)NCc1cc(Br)ccc1Oc1ccccc1F. The third-order valence-electron chi connectivity index (χ3n) is 2.78. The molecule has 0 saturated carbocycles. The average molecular weight is 338 g/mol. The maximum absolute atomic E-state index is 13.7. The monoisotopic (exact) mass is 337 g/mol. The Morgan fingerprint density at radius 2 is 1.90 bits per heavy atom. The van der Waals surface area contributed by atoms with Crippen molar-refractivity contribution in [3.63, 3.8) is 0 Å². The van der Waals surface area contributed by atoms with Gasteiger partial charge in [0.2, 0.25) is 0 Å². The van der Waals surface area contributed by atoms with E-state index in [0.717, 1.165) is 10.0 Å². The Kier molecular flexibility index (Phi) is 5.15. The minimum absolute atomic E-state index is 0.237. The second-order valence-corrected chi connectivity index (χ2v) is 5.74. The smallest absolute Gasteiger partial charge is 0.165 e. The minimum Gasteiger partial charge on any atom is -0.454 e. The van der Waals surface area contributed by atoms with E-state index in [4.69, 9.17) is 4.74 Å². The molecule has 2 rings (SSSR count). The number of para-hydroxylation sites is 1. The van der Waals surface area contributed by atoms with Crippen LogP contribution in [0.5, 0.6) is 11.5 Å². The summed E-state index contributed by atoms with van der Waals surface area (Å²) in [6, 6.07) is 12.5. The van der Waals surface area contributed by atoms with Crippen LogP contribution in [0.15, 0.2) is 46.9 Å². The highest BCUT2D eigenvalue weighted by atomic mass is 79.9. The third-order valence-corrected chi connectivity index (χ3v) is 3.27. The summed E-state index contributed by atoms with van der Waals surface area (Å²) in [4.78, 5) is 0. The molecule has 0 aliphatic carbocycles. The summed E-state index contributed by atoms with van der Waals surface area (Å²) >= 11 is 3.45. The first-order valence-corrected chi connectivity index (χ1v) is 7.30. The van der Waals surface area contributed by atoms with Crippen LogP contribution in [0.25, 0.3) is 0 Å². The predicted octanol–water partition coefficient (Wildman–Crippen LogP) is 4.88. The Balaban J connectivity index is 2.24. The van der Waals surface area contributed by atoms with Crippen LogP contribution in [0, 0.1) is 5.82 Å². The van der Waals surface area contributed by atoms with Crippen LogP contribution in [0.3, 0.4) is 0 Å². The lowest BCUT2D eigenvalue weighted by atomic mass is 10.2. The van der Waals surface area contributed by atoms with Gasteiger partial charge in [0.05, 0.1) is 0 Å². The van der Waals surface area contributed by atoms with Crippen molar-refractivity contribution in [2.45, 2.75) is 26.4 Å². The van der Waals surface area contributed by atoms with Crippen LogP contribution in [-0.4, -0.2) is 6.04 Å². The first-order chi connectivity index (χ1) is 9.56. The first-order valence-electron chi connectivity index (χ1n) is 6.50. The largest absolute Gasteiger partial charge is 0.454 e. The van der Waals surface area contributed by atoms with Gasteiger partial charge in [0.1, 0.15) is 5.75 Å². The molecule has 0 unspecified atom stereocenters. The van der Waals surface area contributed by atoms with E-state index in [1.54, 1.807) is 18.2 Å². The maximum atomic E-state index is 13.7. The van der Waals surface area contributed by atoms with E-state index in [-0.39, 0.29) is 11.6 Å². The standard InChI is InChI=1S/C16H17BrFNO/c1-11(2)19-10-12-9-13(17)7-8-15(12)20-16-6-4-3-5-14(16)18/h3-9,11,19H,10H2,1-2H3. The van der Waals surface area contributed by atoms with Crippen molar-refractivity contribution >= 4 is 15.9 Å². The number of halogens is 2. The van der Waals surface area contributed by atoms with Crippen LogP contribution in [0.1, 0.15) is 19.4 Å². The van der Waals surface area contributed by atoms with Gasteiger partial charge in [-0.1, -0.05) is 41.9 Å². The normalized spacial score (nSPS) is 10.8. The number of hydrogen-bond acceptors (Lipinski definition) is 2. The quantitative estimate of drug-likeness (QED) is 0.839. The van der Waals surface area contributed by atoms with Crippen molar-refractivity contribution in [3.05, 3.63) is 58.3 Å². The van der Waals surface area contributed by atoms with Crippen LogP contribution >= 0.6 is 15.9 Å². The van der Waals surface area contributed by atoms with E-state index in [1.807, 2.05) is 18.2 Å². The number of benzene rings is 2. The Hall–Kier alpha value is -1.39. The molecule has 2 aromatic rings. The van der Waals surface area contributed by atoms with Gasteiger partial charge in [-0.3, -0.25) is 0 Å². The Bertz CT molecular complexity index is 586. The van der Waals surface area contributed by atoms with E-state index in [0.29, 0.717) is 18.3 Å². The zero-order valence-electron chi connectivity index (χ0n) is 11.5. The van der Waals surface area contributed by atoms with Crippen LogP contribution in [-0.2, 0) is 6.54 Å². The molecular formula is C16H17BrFNO. The molecule has 0 fully saturated rings. The van der Waals surface area contributed by atoms with Gasteiger partial charge in [-0.15, -0.1) is 0 Å². The molecule has 2 aromatic carbocycles. The maximum Gasteiger partial charge on any atom is 0.165 e. The Morgan fingerprint density at radius 1 is 1.15 bits per heavy atom. The van der Waals surface area contributed by atoms with Gasteiger partial charge in [-0.25, -0.2) is 4.39 Å². The number of ether oxygens (including phenoxy) is 1. The van der Waals surface area contributed by atoms with Crippen LogP contribution in [0.2, 0.25) is 0 Å². The lowest BCUT2D eigenvalue weighted by Gasteiger charge is -2.14. The highest BCUT2D eigenvalue weighted by Crippen LogP contribution is 2.29. The van der Waals surface area contributed by atoms with Gasteiger partial charge >= 0.3 is 0 Å². The third kappa shape index (κ3) is 4.05. The second-order valence-electron chi connectivity index (χ2n) is 4.82. The predicted molar refractivity (Wildman–Crippen MR) is 82.6 cm³/mol. The summed E-state index contributed by atoms with van der Waals surface area (Å²) in [5.74, 6) is 0.533. The van der Waals surface area contributed by atoms with Gasteiger partial charge in [-0.05, 0) is 30.3 Å². The Labute approximate surface area is 127 Å². The zero-order chi connectivity index (χ0) is 14.5. The lowest BCUT2D eigenvalue weighted by Crippen LogP contribution is -2.22. The molecule has 0 amide bonds. The molecule has 0 radical (unpaired) electrons. The topological polar surface area (TPSA) is 21.3 Å². The summed E-state index contributed by atoms with van der Waals surface area (Å²) in [6.07, 6.45) is 0. The molecule has 0 aliphatic rings. The molecule has 0 heterocycles. The first kappa shape index (κ1) is 15.0. The van der Waals surface area contributed by atoms with E-state index in [1.165, 1.54) is 6.07 Å². The van der Waals surface area contributed by atoms with Gasteiger partial charge in [0, 0.05) is 22.6 Å². The van der Waals surface area contributed by atoms with Crippen LogP contribution in [0.4, 0.5) is 4.39 Å². The van der Waals surface area contributed by atoms with E-state index in [2.05, 4.69) is 35.1 Å². The summed E-state index contributed by atoms with van der Waals surface area (Å²) in [5.41, 5.74) is 0.983. The molecule has 0 spiro atoms. The fraction of sp³-hybridized carbons (Fsp3) is 0.250. The summed E-state index contributed by atoms with van der Waals surface area (Å²) in [5, 5.41) is 3.34. The number of rotatable bonds is 5. The molecule has 0 saturated heterocycles. The van der Waals surface area contributed by atoms with Gasteiger partial charge < -0.3 is 10.1 Å². The highest BCUT2D eigenvalue weighted by Gasteiger charge is 2.09. The molecular weight excluding hydrogens is 321 g/mol. The van der Waals surface area contributed by atoms with Crippen molar-refractivity contribution in [3.8, 4) is 11.5 Å². The number of hydrogen-bond donors (Lipinski definition) is 1. The molecule has 0 aromatic heterocycles. The Morgan fingerprint density at radius 3 is 2.60 bits per heavy atom. The average Bonchev–Trinajstić information content (AvgIpc) is 2.41. The van der Waals surface area contributed by atoms with Crippen molar-refractivity contribution in [1.29, 1.82) is 0 Å². The van der Waals surface area contributed by atoms with Crippen LogP contribution < -0.4 is 10.1 Å². The molecule has 1 N–H and O–H groups in total. The lowest BCUT2D eigenvalue weighted by molar-refractivity contribution is 0.434. The second kappa shape index (κ2) is 6.86. The minimum atomic E-state index is -0.363. The molecule has 2 nitrogen and oxygen atoms in total. The van der Waals surface area contributed by atoms with Gasteiger partial charge in [-0.2, -0.15) is 0 Å². The number of nitrogens with one attached hydrogen (secondary N) is 1.